The molecule has 0 spiro atoms. The summed E-state index contributed by atoms with van der Waals surface area (Å²) in [7, 11) is 0. The number of hydrogen-bond acceptors (Lipinski definition) is 1. The molecule has 0 radical (unpaired) electrons. The Morgan fingerprint density at radius 3 is 2.77 bits per heavy atom. The Balaban J connectivity index is 2.06. The van der Waals surface area contributed by atoms with Gasteiger partial charge in [0.2, 0.25) is 5.91 Å². The van der Waals surface area contributed by atoms with Crippen molar-refractivity contribution in [3.05, 3.63) is 0 Å². The van der Waals surface area contributed by atoms with Crippen LogP contribution < -0.4 is 5.32 Å². The van der Waals surface area contributed by atoms with Gasteiger partial charge in [-0.25, -0.2) is 0 Å². The highest BCUT2D eigenvalue weighted by atomic mass is 35.5. The first-order chi connectivity index (χ1) is 6.24. The van der Waals surface area contributed by atoms with Crippen molar-refractivity contribution in [2.24, 2.45) is 5.92 Å². The van der Waals surface area contributed by atoms with Gasteiger partial charge in [-0.1, -0.05) is 19.8 Å². The predicted molar refractivity (Wildman–Crippen MR) is 54.9 cm³/mol. The lowest BCUT2D eigenvalue weighted by Gasteiger charge is -2.24. The number of hydrogen-bond donors (Lipinski definition) is 1. The second-order valence-electron chi connectivity index (χ2n) is 3.76. The Kier molecular flexibility index (Phi) is 4.57. The van der Waals surface area contributed by atoms with Crippen LogP contribution in [0.3, 0.4) is 0 Å². The van der Waals surface area contributed by atoms with Crippen LogP contribution in [0, 0.1) is 5.92 Å². The van der Waals surface area contributed by atoms with Gasteiger partial charge in [0.15, 0.2) is 0 Å². The van der Waals surface area contributed by atoms with Gasteiger partial charge < -0.3 is 5.32 Å². The van der Waals surface area contributed by atoms with Gasteiger partial charge in [0.1, 0.15) is 0 Å². The molecule has 1 rings (SSSR count). The summed E-state index contributed by atoms with van der Waals surface area (Å²) < 4.78 is 0. The summed E-state index contributed by atoms with van der Waals surface area (Å²) in [5, 5.41) is 3.00. The van der Waals surface area contributed by atoms with Crippen molar-refractivity contribution in [3.8, 4) is 0 Å². The summed E-state index contributed by atoms with van der Waals surface area (Å²) in [5.41, 5.74) is 0. The maximum absolute atomic E-state index is 11.4. The van der Waals surface area contributed by atoms with Gasteiger partial charge in [-0.2, -0.15) is 0 Å². The molecule has 76 valence electrons. The molecule has 2 nitrogen and oxygen atoms in total. The largest absolute Gasteiger partial charge is 0.354 e. The molecule has 0 aromatic rings. The molecule has 0 aromatic heterocycles. The molecule has 0 saturated heterocycles. The number of carbonyl (C=O) groups excluding carboxylic acids is 1. The van der Waals surface area contributed by atoms with E-state index in [9.17, 15) is 4.79 Å². The van der Waals surface area contributed by atoms with E-state index in [1.54, 1.807) is 0 Å². The van der Waals surface area contributed by atoms with Gasteiger partial charge in [-0.05, 0) is 19.3 Å². The van der Waals surface area contributed by atoms with Crippen LogP contribution >= 0.6 is 11.6 Å². The van der Waals surface area contributed by atoms with Gasteiger partial charge in [0.25, 0.3) is 0 Å². The molecular weight excluding hydrogens is 186 g/mol. The fourth-order valence-electron chi connectivity index (χ4n) is 1.44. The van der Waals surface area contributed by atoms with E-state index in [0.29, 0.717) is 6.54 Å². The first kappa shape index (κ1) is 10.8. The van der Waals surface area contributed by atoms with Crippen LogP contribution in [0.1, 0.15) is 39.0 Å². The topological polar surface area (TPSA) is 29.1 Å². The molecular formula is C10H18ClNO. The van der Waals surface area contributed by atoms with Crippen molar-refractivity contribution in [3.63, 3.8) is 0 Å². The molecule has 0 aromatic carbocycles. The van der Waals surface area contributed by atoms with Crippen molar-refractivity contribution in [2.75, 3.05) is 6.54 Å². The van der Waals surface area contributed by atoms with Gasteiger partial charge in [-0.3, -0.25) is 4.79 Å². The lowest BCUT2D eigenvalue weighted by atomic mass is 9.85. The third-order valence-corrected chi connectivity index (χ3v) is 2.95. The first-order valence-corrected chi connectivity index (χ1v) is 5.59. The molecule has 1 aliphatic carbocycles. The zero-order chi connectivity index (χ0) is 9.68. The highest BCUT2D eigenvalue weighted by Gasteiger charge is 2.24. The lowest BCUT2D eigenvalue weighted by molar-refractivity contribution is -0.127. The van der Waals surface area contributed by atoms with Gasteiger partial charge in [0.05, 0.1) is 5.38 Å². The Labute approximate surface area is 85.0 Å². The second kappa shape index (κ2) is 5.48. The van der Waals surface area contributed by atoms with Crippen LogP contribution in [0.4, 0.5) is 0 Å². The fraction of sp³-hybridized carbons (Fsp3) is 0.900. The minimum Gasteiger partial charge on any atom is -0.354 e. The Bertz CT molecular complexity index is 168. The average Bonchev–Trinajstić information content (AvgIpc) is 1.98. The molecule has 3 heteroatoms. The number of nitrogens with one attached hydrogen (secondary N) is 1. The van der Waals surface area contributed by atoms with Gasteiger partial charge >= 0.3 is 0 Å². The van der Waals surface area contributed by atoms with Gasteiger partial charge in [0, 0.05) is 12.5 Å². The molecule has 1 unspecified atom stereocenters. The van der Waals surface area contributed by atoms with Crippen molar-refractivity contribution in [1.82, 2.24) is 5.32 Å². The van der Waals surface area contributed by atoms with E-state index in [0.717, 1.165) is 25.7 Å². The SMILES string of the molecule is CCCC(Cl)CNC(=O)C1CCC1. The van der Waals surface area contributed by atoms with Crippen molar-refractivity contribution < 1.29 is 4.79 Å². The average molecular weight is 204 g/mol. The van der Waals surface area contributed by atoms with Gasteiger partial charge in [-0.15, -0.1) is 11.6 Å². The molecule has 0 heterocycles. The maximum Gasteiger partial charge on any atom is 0.223 e. The number of amides is 1. The molecule has 1 saturated carbocycles. The fourth-order valence-corrected chi connectivity index (χ4v) is 1.74. The smallest absolute Gasteiger partial charge is 0.223 e. The molecule has 1 aliphatic rings. The van der Waals surface area contributed by atoms with E-state index in [1.807, 2.05) is 0 Å². The summed E-state index contributed by atoms with van der Waals surface area (Å²) in [4.78, 5) is 11.4. The second-order valence-corrected chi connectivity index (χ2v) is 4.38. The van der Waals surface area contributed by atoms with Crippen molar-refractivity contribution in [2.45, 2.75) is 44.4 Å². The number of halogens is 1. The summed E-state index contributed by atoms with van der Waals surface area (Å²) in [5.74, 6) is 0.485. The highest BCUT2D eigenvalue weighted by molar-refractivity contribution is 6.20. The third kappa shape index (κ3) is 3.55. The van der Waals surface area contributed by atoms with Crippen LogP contribution in [-0.2, 0) is 4.79 Å². The summed E-state index contributed by atoms with van der Waals surface area (Å²) in [6.07, 6.45) is 5.39. The molecule has 0 aliphatic heterocycles. The minimum atomic E-state index is 0.106. The molecule has 0 bridgehead atoms. The summed E-state index contributed by atoms with van der Waals surface area (Å²) in [6.45, 7) is 2.73. The van der Waals surface area contributed by atoms with Crippen LogP contribution in [0.2, 0.25) is 0 Å². The first-order valence-electron chi connectivity index (χ1n) is 5.15. The van der Waals surface area contributed by atoms with Crippen LogP contribution in [0.15, 0.2) is 0 Å². The zero-order valence-electron chi connectivity index (χ0n) is 8.18. The summed E-state index contributed by atoms with van der Waals surface area (Å²) in [6, 6.07) is 0. The van der Waals surface area contributed by atoms with Crippen LogP contribution in [0.5, 0.6) is 0 Å². The molecule has 13 heavy (non-hydrogen) atoms. The Morgan fingerprint density at radius 2 is 2.31 bits per heavy atom. The number of rotatable bonds is 5. The number of carbonyl (C=O) groups is 1. The quantitative estimate of drug-likeness (QED) is 0.683. The van der Waals surface area contributed by atoms with E-state index in [2.05, 4.69) is 12.2 Å². The van der Waals surface area contributed by atoms with Crippen molar-refractivity contribution >= 4 is 17.5 Å². The Hall–Kier alpha value is -0.240. The van der Waals surface area contributed by atoms with E-state index in [4.69, 9.17) is 11.6 Å². The normalized spacial score (nSPS) is 19.2. The van der Waals surface area contributed by atoms with E-state index in [1.165, 1.54) is 6.42 Å². The standard InChI is InChI=1S/C10H18ClNO/c1-2-4-9(11)7-12-10(13)8-5-3-6-8/h8-9H,2-7H2,1H3,(H,12,13). The monoisotopic (exact) mass is 203 g/mol. The van der Waals surface area contributed by atoms with E-state index >= 15 is 0 Å². The summed E-state index contributed by atoms with van der Waals surface area (Å²) >= 11 is 5.98. The lowest BCUT2D eigenvalue weighted by Crippen LogP contribution is -2.37. The third-order valence-electron chi connectivity index (χ3n) is 2.58. The molecule has 1 atom stereocenters. The van der Waals surface area contributed by atoms with E-state index < -0.39 is 0 Å². The molecule has 1 amide bonds. The van der Waals surface area contributed by atoms with E-state index in [-0.39, 0.29) is 17.2 Å². The molecule has 1 fully saturated rings. The van der Waals surface area contributed by atoms with Crippen LogP contribution in [-0.4, -0.2) is 17.8 Å². The zero-order valence-corrected chi connectivity index (χ0v) is 8.94. The predicted octanol–water partition coefficient (Wildman–Crippen LogP) is 2.31. The van der Waals surface area contributed by atoms with Crippen molar-refractivity contribution in [1.29, 1.82) is 0 Å². The maximum atomic E-state index is 11.4. The minimum absolute atomic E-state index is 0.106. The molecule has 1 N–H and O–H groups in total. The highest BCUT2D eigenvalue weighted by Crippen LogP contribution is 2.26. The number of alkyl halides is 1. The Morgan fingerprint density at radius 1 is 1.62 bits per heavy atom. The van der Waals surface area contributed by atoms with Crippen LogP contribution in [0.25, 0.3) is 0 Å².